The number of aromatic nitrogens is 3. The Kier molecular flexibility index (Phi) is 2.37. The van der Waals surface area contributed by atoms with E-state index in [4.69, 9.17) is 0 Å². The molecule has 1 heterocycles. The summed E-state index contributed by atoms with van der Waals surface area (Å²) >= 11 is 0. The van der Waals surface area contributed by atoms with Gasteiger partial charge < -0.3 is 0 Å². The normalized spacial score (nSPS) is 25.5. The number of hydrogen-bond donors (Lipinski definition) is 0. The Morgan fingerprint density at radius 1 is 1.53 bits per heavy atom. The highest BCUT2D eigenvalue weighted by Crippen LogP contribution is 2.44. The van der Waals surface area contributed by atoms with Crippen LogP contribution < -0.4 is 0 Å². The van der Waals surface area contributed by atoms with Gasteiger partial charge in [0.1, 0.15) is 12.1 Å². The summed E-state index contributed by atoms with van der Waals surface area (Å²) in [4.78, 5) is 15.7. The number of carbonyl (C=O) groups excluding carboxylic acids is 1. The zero-order chi connectivity index (χ0) is 11.1. The second-order valence-electron chi connectivity index (χ2n) is 5.06. The van der Waals surface area contributed by atoms with E-state index in [1.54, 1.807) is 11.0 Å². The van der Waals surface area contributed by atoms with Gasteiger partial charge in [-0.2, -0.15) is 5.10 Å². The predicted molar refractivity (Wildman–Crippen MR) is 56.4 cm³/mol. The number of hydrogen-bond acceptors (Lipinski definition) is 3. The predicted octanol–water partition coefficient (Wildman–Crippen LogP) is 1.68. The van der Waals surface area contributed by atoms with E-state index in [1.807, 2.05) is 7.05 Å². The maximum atomic E-state index is 11.5. The molecule has 82 valence electrons. The molecule has 0 aliphatic heterocycles. The fraction of sp³-hybridized carbons (Fsp3) is 0.727. The van der Waals surface area contributed by atoms with Crippen molar-refractivity contribution in [2.45, 2.75) is 39.0 Å². The number of Topliss-reactive ketones (excluding diaryl/α,β-unsaturated/α-hetero) is 1. The van der Waals surface area contributed by atoms with Crippen LogP contribution >= 0.6 is 0 Å². The average Bonchev–Trinajstić information content (AvgIpc) is 2.56. The van der Waals surface area contributed by atoms with Gasteiger partial charge in [-0.3, -0.25) is 9.48 Å². The molecule has 0 saturated heterocycles. The van der Waals surface area contributed by atoms with Crippen LogP contribution in [0.3, 0.4) is 0 Å². The molecule has 0 amide bonds. The van der Waals surface area contributed by atoms with Gasteiger partial charge in [0.25, 0.3) is 0 Å². The van der Waals surface area contributed by atoms with E-state index in [0.29, 0.717) is 18.6 Å². The average molecular weight is 207 g/mol. The molecule has 0 N–H and O–H groups in total. The molecule has 4 nitrogen and oxygen atoms in total. The molecule has 0 bridgehead atoms. The van der Waals surface area contributed by atoms with Crippen LogP contribution in [0.5, 0.6) is 0 Å². The number of carbonyl (C=O) groups is 1. The molecule has 1 aromatic heterocycles. The van der Waals surface area contributed by atoms with Gasteiger partial charge >= 0.3 is 0 Å². The number of nitrogens with zero attached hydrogens (tertiary/aromatic N) is 3. The number of aryl methyl sites for hydroxylation is 1. The smallest absolute Gasteiger partial charge is 0.154 e. The van der Waals surface area contributed by atoms with Crippen molar-refractivity contribution >= 4 is 5.78 Å². The van der Waals surface area contributed by atoms with E-state index in [-0.39, 0.29) is 11.3 Å². The minimum Gasteiger partial charge on any atom is -0.300 e. The van der Waals surface area contributed by atoms with Crippen LogP contribution in [0.25, 0.3) is 0 Å². The molecule has 0 spiro atoms. The van der Waals surface area contributed by atoms with Crippen LogP contribution in [0.4, 0.5) is 0 Å². The van der Waals surface area contributed by atoms with Crippen LogP contribution in [0.15, 0.2) is 6.33 Å². The number of ketones is 1. The first-order chi connectivity index (χ1) is 6.99. The Labute approximate surface area is 89.7 Å². The Morgan fingerprint density at radius 2 is 2.27 bits per heavy atom. The van der Waals surface area contributed by atoms with E-state index >= 15 is 0 Å². The van der Waals surface area contributed by atoms with Crippen LogP contribution in [-0.2, 0) is 11.8 Å². The maximum absolute atomic E-state index is 11.5. The fourth-order valence-corrected chi connectivity index (χ4v) is 2.20. The van der Waals surface area contributed by atoms with Crippen molar-refractivity contribution in [2.24, 2.45) is 12.5 Å². The van der Waals surface area contributed by atoms with Crippen molar-refractivity contribution in [1.82, 2.24) is 14.8 Å². The molecule has 1 aliphatic carbocycles. The highest BCUT2D eigenvalue weighted by Gasteiger charge is 2.38. The summed E-state index contributed by atoms with van der Waals surface area (Å²) in [7, 11) is 1.86. The molecular weight excluding hydrogens is 190 g/mol. The van der Waals surface area contributed by atoms with E-state index < -0.39 is 0 Å². The third kappa shape index (κ3) is 1.94. The van der Waals surface area contributed by atoms with Gasteiger partial charge in [0.05, 0.1) is 0 Å². The molecule has 0 aromatic carbocycles. The second kappa shape index (κ2) is 3.43. The molecule has 1 unspecified atom stereocenters. The topological polar surface area (TPSA) is 47.8 Å². The van der Waals surface area contributed by atoms with Gasteiger partial charge in [-0.15, -0.1) is 0 Å². The first-order valence-corrected chi connectivity index (χ1v) is 5.36. The minimum absolute atomic E-state index is 0.134. The number of rotatable bonds is 1. The van der Waals surface area contributed by atoms with Gasteiger partial charge in [-0.1, -0.05) is 13.8 Å². The lowest BCUT2D eigenvalue weighted by Crippen LogP contribution is -2.31. The van der Waals surface area contributed by atoms with Crippen molar-refractivity contribution in [2.75, 3.05) is 0 Å². The van der Waals surface area contributed by atoms with Crippen LogP contribution in [-0.4, -0.2) is 20.5 Å². The van der Waals surface area contributed by atoms with E-state index in [9.17, 15) is 4.79 Å². The third-order valence-corrected chi connectivity index (χ3v) is 3.35. The molecule has 15 heavy (non-hydrogen) atoms. The van der Waals surface area contributed by atoms with Crippen molar-refractivity contribution < 1.29 is 4.79 Å². The molecule has 0 radical (unpaired) electrons. The second-order valence-corrected chi connectivity index (χ2v) is 5.06. The molecule has 1 aromatic rings. The molecule has 1 saturated carbocycles. The van der Waals surface area contributed by atoms with Crippen molar-refractivity contribution in [3.63, 3.8) is 0 Å². The molecule has 4 heteroatoms. The van der Waals surface area contributed by atoms with Gasteiger partial charge in [0.15, 0.2) is 5.82 Å². The summed E-state index contributed by atoms with van der Waals surface area (Å²) in [6, 6.07) is 0. The highest BCUT2D eigenvalue weighted by molar-refractivity contribution is 5.80. The van der Waals surface area contributed by atoms with E-state index in [2.05, 4.69) is 23.9 Å². The molecule has 1 aliphatic rings. The van der Waals surface area contributed by atoms with Crippen LogP contribution in [0.2, 0.25) is 0 Å². The Morgan fingerprint density at radius 3 is 2.87 bits per heavy atom. The lowest BCUT2D eigenvalue weighted by molar-refractivity contribution is -0.122. The summed E-state index contributed by atoms with van der Waals surface area (Å²) in [6.45, 7) is 4.39. The third-order valence-electron chi connectivity index (χ3n) is 3.35. The standard InChI is InChI=1S/C11H17N3O/c1-11(2)5-4-8(15)6-9(11)10-12-7-14(3)13-10/h7,9H,4-6H2,1-3H3. The zero-order valence-electron chi connectivity index (χ0n) is 9.53. The lowest BCUT2D eigenvalue weighted by atomic mass is 9.68. The van der Waals surface area contributed by atoms with Crippen LogP contribution in [0, 0.1) is 5.41 Å². The largest absolute Gasteiger partial charge is 0.300 e. The van der Waals surface area contributed by atoms with Gasteiger partial charge in [0.2, 0.25) is 0 Å². The zero-order valence-corrected chi connectivity index (χ0v) is 9.53. The maximum Gasteiger partial charge on any atom is 0.154 e. The first kappa shape index (κ1) is 10.3. The van der Waals surface area contributed by atoms with Crippen molar-refractivity contribution in [3.05, 3.63) is 12.2 Å². The monoisotopic (exact) mass is 207 g/mol. The van der Waals surface area contributed by atoms with Crippen molar-refractivity contribution in [3.8, 4) is 0 Å². The molecular formula is C11H17N3O. The SMILES string of the molecule is Cn1cnc(C2CC(=O)CCC2(C)C)n1. The first-order valence-electron chi connectivity index (χ1n) is 5.36. The Balaban J connectivity index is 2.29. The summed E-state index contributed by atoms with van der Waals surface area (Å²) in [5, 5.41) is 4.32. The molecule has 1 atom stereocenters. The minimum atomic E-state index is 0.134. The summed E-state index contributed by atoms with van der Waals surface area (Å²) in [5.74, 6) is 1.34. The van der Waals surface area contributed by atoms with E-state index in [0.717, 1.165) is 12.2 Å². The Bertz CT molecular complexity index is 381. The molecule has 2 rings (SSSR count). The lowest BCUT2D eigenvalue weighted by Gasteiger charge is -2.36. The summed E-state index contributed by atoms with van der Waals surface area (Å²) in [5.41, 5.74) is 0.134. The van der Waals surface area contributed by atoms with Crippen molar-refractivity contribution in [1.29, 1.82) is 0 Å². The molecule has 1 fully saturated rings. The van der Waals surface area contributed by atoms with Crippen LogP contribution in [0.1, 0.15) is 44.9 Å². The van der Waals surface area contributed by atoms with Gasteiger partial charge in [-0.25, -0.2) is 4.98 Å². The fourth-order valence-electron chi connectivity index (χ4n) is 2.20. The van der Waals surface area contributed by atoms with E-state index in [1.165, 1.54) is 0 Å². The highest BCUT2D eigenvalue weighted by atomic mass is 16.1. The quantitative estimate of drug-likeness (QED) is 0.704. The van der Waals surface area contributed by atoms with Gasteiger partial charge in [-0.05, 0) is 11.8 Å². The Hall–Kier alpha value is -1.19. The summed E-state index contributed by atoms with van der Waals surface area (Å²) < 4.78 is 1.70. The van der Waals surface area contributed by atoms with Gasteiger partial charge in [0, 0.05) is 25.8 Å². The summed E-state index contributed by atoms with van der Waals surface area (Å²) in [6.07, 6.45) is 3.94.